The lowest BCUT2D eigenvalue weighted by Gasteiger charge is -2.43. The van der Waals surface area contributed by atoms with E-state index in [1.165, 1.54) is 48.2 Å². The van der Waals surface area contributed by atoms with E-state index in [2.05, 4.69) is 80.2 Å². The molecule has 0 spiro atoms. The summed E-state index contributed by atoms with van der Waals surface area (Å²) in [6.45, 7) is 10.6. The molecule has 0 aliphatic carbocycles. The molecule has 0 atom stereocenters. The van der Waals surface area contributed by atoms with Gasteiger partial charge in [0, 0.05) is 88.7 Å². The topological polar surface area (TPSA) is 54.2 Å². The van der Waals surface area contributed by atoms with Crippen molar-refractivity contribution in [1.29, 1.82) is 0 Å². The first kappa shape index (κ1) is 26.8. The van der Waals surface area contributed by atoms with Gasteiger partial charge in [-0.25, -0.2) is 0 Å². The highest BCUT2D eigenvalue weighted by Gasteiger charge is 2.39. The summed E-state index contributed by atoms with van der Waals surface area (Å²) in [5.41, 5.74) is 7.64. The first-order valence-corrected chi connectivity index (χ1v) is 15.6. The number of carbonyl (C=O) groups is 2. The zero-order valence-electron chi connectivity index (χ0n) is 24.8. The molecule has 0 radical (unpaired) electrons. The standard InChI is InChI=1S/C34H41N6O2/c1-25(41)39-21-19-37-20-22-40(26(2)42)32-24-38(23-31(39)34(32)37)33(27-7-11-29(12-8-27)35-15-3-4-16-35)28-9-13-30(14-10-28)36-17-5-6-18-36/h7-14,23-24,33H,3-6,15-22H2,1-2H3/q+1. The lowest BCUT2D eigenvalue weighted by Crippen LogP contribution is -2.53. The number of anilines is 5. The molecule has 2 saturated heterocycles. The molecule has 2 fully saturated rings. The molecular weight excluding hydrogens is 524 g/mol. The number of amides is 2. The van der Waals surface area contributed by atoms with Crippen molar-refractivity contribution < 1.29 is 14.2 Å². The van der Waals surface area contributed by atoms with E-state index in [9.17, 15) is 9.59 Å². The van der Waals surface area contributed by atoms with Crippen LogP contribution in [0.4, 0.5) is 28.4 Å². The Bertz CT molecular complexity index is 1370. The molecule has 3 aromatic rings. The molecule has 0 N–H and O–H groups in total. The summed E-state index contributed by atoms with van der Waals surface area (Å²) in [6.07, 6.45) is 9.25. The van der Waals surface area contributed by atoms with Crippen molar-refractivity contribution >= 4 is 40.3 Å². The fourth-order valence-electron chi connectivity index (χ4n) is 7.34. The molecule has 1 aromatic heterocycles. The van der Waals surface area contributed by atoms with Crippen LogP contribution >= 0.6 is 0 Å². The van der Waals surface area contributed by atoms with Crippen LogP contribution in [0.3, 0.4) is 0 Å². The van der Waals surface area contributed by atoms with Crippen molar-refractivity contribution in [2.75, 3.05) is 76.9 Å². The van der Waals surface area contributed by atoms with Gasteiger partial charge in [0.1, 0.15) is 11.4 Å². The third kappa shape index (κ3) is 4.76. The zero-order valence-corrected chi connectivity index (χ0v) is 24.8. The van der Waals surface area contributed by atoms with Crippen molar-refractivity contribution in [3.63, 3.8) is 0 Å². The molecule has 42 heavy (non-hydrogen) atoms. The Labute approximate surface area is 248 Å². The van der Waals surface area contributed by atoms with Crippen LogP contribution in [0.1, 0.15) is 56.7 Å². The average Bonchev–Trinajstić information content (AvgIpc) is 3.74. The number of rotatable bonds is 5. The van der Waals surface area contributed by atoms with Crippen molar-refractivity contribution in [2.24, 2.45) is 0 Å². The SMILES string of the molecule is CC(=O)N1CCN2CCN(C(C)=O)c3c[n+](C(c4ccc(N5CCCC5)cc4)c4ccc(N5CCCC5)cc4)cc1c32. The molecule has 5 heterocycles. The normalized spacial score (nSPS) is 18.2. The molecule has 218 valence electrons. The minimum absolute atomic E-state index is 0.0241. The van der Waals surface area contributed by atoms with Crippen molar-refractivity contribution in [3.8, 4) is 0 Å². The van der Waals surface area contributed by atoms with E-state index in [0.717, 1.165) is 56.3 Å². The largest absolute Gasteiger partial charge is 0.372 e. The van der Waals surface area contributed by atoms with Gasteiger partial charge in [-0.15, -0.1) is 0 Å². The summed E-state index contributed by atoms with van der Waals surface area (Å²) < 4.78 is 2.23. The minimum Gasteiger partial charge on any atom is -0.372 e. The molecule has 8 nitrogen and oxygen atoms in total. The lowest BCUT2D eigenvalue weighted by atomic mass is 9.96. The fraction of sp³-hybridized carbons (Fsp3) is 0.441. The smallest absolute Gasteiger partial charge is 0.224 e. The summed E-state index contributed by atoms with van der Waals surface area (Å²) in [5, 5.41) is 0. The van der Waals surface area contributed by atoms with E-state index in [-0.39, 0.29) is 17.9 Å². The fourth-order valence-corrected chi connectivity index (χ4v) is 7.34. The Balaban J connectivity index is 1.37. The summed E-state index contributed by atoms with van der Waals surface area (Å²) >= 11 is 0. The molecule has 0 saturated carbocycles. The summed E-state index contributed by atoms with van der Waals surface area (Å²) in [6, 6.07) is 17.9. The van der Waals surface area contributed by atoms with Gasteiger partial charge in [0.15, 0.2) is 12.4 Å². The van der Waals surface area contributed by atoms with Crippen LogP contribution in [0.15, 0.2) is 60.9 Å². The van der Waals surface area contributed by atoms with Gasteiger partial charge in [0.05, 0.1) is 5.69 Å². The highest BCUT2D eigenvalue weighted by atomic mass is 16.2. The molecule has 2 aromatic carbocycles. The third-order valence-electron chi connectivity index (χ3n) is 9.53. The number of hydrogen-bond acceptors (Lipinski definition) is 5. The molecule has 4 aliphatic heterocycles. The zero-order chi connectivity index (χ0) is 28.8. The van der Waals surface area contributed by atoms with Gasteiger partial charge >= 0.3 is 0 Å². The summed E-state index contributed by atoms with van der Waals surface area (Å²) in [7, 11) is 0. The first-order chi connectivity index (χ1) is 20.5. The first-order valence-electron chi connectivity index (χ1n) is 15.6. The van der Waals surface area contributed by atoms with Crippen LogP contribution < -0.4 is 29.1 Å². The Hall–Kier alpha value is -4.07. The lowest BCUT2D eigenvalue weighted by molar-refractivity contribution is -0.703. The van der Waals surface area contributed by atoms with E-state index < -0.39 is 0 Å². The minimum atomic E-state index is -0.119. The maximum atomic E-state index is 12.9. The van der Waals surface area contributed by atoms with Crippen LogP contribution in [0, 0.1) is 0 Å². The van der Waals surface area contributed by atoms with E-state index in [1.54, 1.807) is 13.8 Å². The Morgan fingerprint density at radius 1 is 0.571 bits per heavy atom. The van der Waals surface area contributed by atoms with Gasteiger partial charge in [-0.2, -0.15) is 4.57 Å². The van der Waals surface area contributed by atoms with Crippen LogP contribution in [-0.2, 0) is 9.59 Å². The predicted molar refractivity (Wildman–Crippen MR) is 168 cm³/mol. The van der Waals surface area contributed by atoms with Gasteiger partial charge < -0.3 is 24.5 Å². The second-order valence-corrected chi connectivity index (χ2v) is 12.1. The highest BCUT2D eigenvalue weighted by molar-refractivity contribution is 6.03. The van der Waals surface area contributed by atoms with E-state index in [4.69, 9.17) is 0 Å². The van der Waals surface area contributed by atoms with E-state index in [1.807, 2.05) is 9.80 Å². The Morgan fingerprint density at radius 2 is 0.976 bits per heavy atom. The monoisotopic (exact) mass is 565 g/mol. The van der Waals surface area contributed by atoms with Gasteiger partial charge in [-0.1, -0.05) is 0 Å². The molecule has 4 aliphatic rings. The van der Waals surface area contributed by atoms with Gasteiger partial charge in [0.2, 0.25) is 17.9 Å². The number of benzene rings is 2. The second kappa shape index (κ2) is 11.0. The van der Waals surface area contributed by atoms with Crippen LogP contribution in [0.5, 0.6) is 0 Å². The number of aromatic nitrogens is 1. The maximum Gasteiger partial charge on any atom is 0.224 e. The number of pyridine rings is 1. The number of nitrogens with zero attached hydrogens (tertiary/aromatic N) is 6. The van der Waals surface area contributed by atoms with Gasteiger partial charge in [0.25, 0.3) is 0 Å². The highest BCUT2D eigenvalue weighted by Crippen LogP contribution is 2.43. The average molecular weight is 566 g/mol. The Morgan fingerprint density at radius 3 is 1.36 bits per heavy atom. The third-order valence-corrected chi connectivity index (χ3v) is 9.53. The van der Waals surface area contributed by atoms with Crippen molar-refractivity contribution in [3.05, 3.63) is 72.1 Å². The van der Waals surface area contributed by atoms with Crippen LogP contribution in [-0.4, -0.2) is 64.2 Å². The van der Waals surface area contributed by atoms with Gasteiger partial charge in [-0.3, -0.25) is 9.59 Å². The molecule has 0 bridgehead atoms. The van der Waals surface area contributed by atoms with E-state index >= 15 is 0 Å². The van der Waals surface area contributed by atoms with Crippen LogP contribution in [0.2, 0.25) is 0 Å². The second-order valence-electron chi connectivity index (χ2n) is 12.1. The van der Waals surface area contributed by atoms with Crippen molar-refractivity contribution in [1.82, 2.24) is 0 Å². The van der Waals surface area contributed by atoms with Crippen LogP contribution in [0.25, 0.3) is 0 Å². The molecule has 0 unspecified atom stereocenters. The predicted octanol–water partition coefficient (Wildman–Crippen LogP) is 4.35. The molecule has 7 rings (SSSR count). The Kier molecular flexibility index (Phi) is 7.00. The maximum absolute atomic E-state index is 12.9. The van der Waals surface area contributed by atoms with E-state index in [0.29, 0.717) is 13.1 Å². The summed E-state index contributed by atoms with van der Waals surface area (Å²) in [4.78, 5) is 36.7. The number of carbonyl (C=O) groups excluding carboxylic acids is 2. The quantitative estimate of drug-likeness (QED) is 0.431. The summed E-state index contributed by atoms with van der Waals surface area (Å²) in [5.74, 6) is 0.0482. The molecular formula is C34H41N6O2+. The number of hydrogen-bond donors (Lipinski definition) is 0. The molecule has 2 amide bonds. The van der Waals surface area contributed by atoms with Crippen molar-refractivity contribution in [2.45, 2.75) is 45.6 Å². The molecule has 8 heteroatoms. The van der Waals surface area contributed by atoms with Gasteiger partial charge in [-0.05, 0) is 74.2 Å².